The van der Waals surface area contributed by atoms with Crippen molar-refractivity contribution < 1.29 is 0 Å². The maximum absolute atomic E-state index is 4.20. The molecule has 0 fully saturated rings. The van der Waals surface area contributed by atoms with E-state index in [1.54, 1.807) is 6.08 Å². The van der Waals surface area contributed by atoms with Gasteiger partial charge in [-0.15, -0.1) is 0 Å². The third-order valence-corrected chi connectivity index (χ3v) is 2.31. The van der Waals surface area contributed by atoms with Crippen LogP contribution in [0.15, 0.2) is 40.9 Å². The molecule has 0 unspecified atom stereocenters. The highest BCUT2D eigenvalue weighted by Gasteiger charge is 2.00. The van der Waals surface area contributed by atoms with E-state index in [1.165, 1.54) is 11.1 Å². The Kier molecular flexibility index (Phi) is 6.73. The summed E-state index contributed by atoms with van der Waals surface area (Å²) in [5.41, 5.74) is 3.75. The Bertz CT molecular complexity index is 267. The fraction of sp³-hybridized carbons (Fsp3) is 0.462. The standard InChI is InChI=1S/C13H21N/c1-6-8-10-13(9-7-2)11(3)12(4)14-5/h6,8,10H,1,7,9H2,2-5H3/b10-8-,13-11+,14-12-. The molecule has 0 bridgehead atoms. The summed E-state index contributed by atoms with van der Waals surface area (Å²) in [5.74, 6) is 0. The van der Waals surface area contributed by atoms with Crippen LogP contribution in [0.1, 0.15) is 33.6 Å². The molecule has 0 rings (SSSR count). The van der Waals surface area contributed by atoms with Crippen molar-refractivity contribution in [2.75, 3.05) is 7.05 Å². The van der Waals surface area contributed by atoms with Crippen molar-refractivity contribution in [3.05, 3.63) is 36.0 Å². The lowest BCUT2D eigenvalue weighted by molar-refractivity contribution is 0.919. The van der Waals surface area contributed by atoms with Crippen molar-refractivity contribution in [2.24, 2.45) is 4.99 Å². The predicted molar refractivity (Wildman–Crippen MR) is 66.0 cm³/mol. The largest absolute Gasteiger partial charge is 0.293 e. The van der Waals surface area contributed by atoms with Crippen LogP contribution in [0.25, 0.3) is 0 Å². The summed E-state index contributed by atoms with van der Waals surface area (Å²) in [6, 6.07) is 0. The highest BCUT2D eigenvalue weighted by molar-refractivity contribution is 5.98. The Morgan fingerprint density at radius 1 is 1.36 bits per heavy atom. The Labute approximate surface area is 87.9 Å². The minimum absolute atomic E-state index is 1.10. The van der Waals surface area contributed by atoms with E-state index < -0.39 is 0 Å². The summed E-state index contributed by atoms with van der Waals surface area (Å²) < 4.78 is 0. The number of hydrogen-bond acceptors (Lipinski definition) is 1. The van der Waals surface area contributed by atoms with Crippen molar-refractivity contribution in [1.82, 2.24) is 0 Å². The Morgan fingerprint density at radius 2 is 2.00 bits per heavy atom. The smallest absolute Gasteiger partial charge is 0.0345 e. The first-order chi connectivity index (χ1) is 6.67. The van der Waals surface area contributed by atoms with Gasteiger partial charge in [0.05, 0.1) is 0 Å². The number of rotatable bonds is 5. The molecule has 14 heavy (non-hydrogen) atoms. The molecule has 0 amide bonds. The molecular formula is C13H21N. The molecule has 0 aromatic heterocycles. The van der Waals surface area contributed by atoms with Crippen molar-refractivity contribution in [3.8, 4) is 0 Å². The van der Waals surface area contributed by atoms with Crippen LogP contribution in [0.4, 0.5) is 0 Å². The van der Waals surface area contributed by atoms with Gasteiger partial charge in [-0.2, -0.15) is 0 Å². The maximum atomic E-state index is 4.20. The highest BCUT2D eigenvalue weighted by Crippen LogP contribution is 2.14. The molecule has 0 aromatic carbocycles. The van der Waals surface area contributed by atoms with Gasteiger partial charge >= 0.3 is 0 Å². The molecule has 78 valence electrons. The van der Waals surface area contributed by atoms with Gasteiger partial charge in [-0.1, -0.05) is 38.2 Å². The van der Waals surface area contributed by atoms with Gasteiger partial charge in [-0.3, -0.25) is 4.99 Å². The molecule has 0 aliphatic carbocycles. The van der Waals surface area contributed by atoms with E-state index in [0.717, 1.165) is 18.6 Å². The Hall–Kier alpha value is -1.11. The zero-order chi connectivity index (χ0) is 11.0. The van der Waals surface area contributed by atoms with Gasteiger partial charge in [0.1, 0.15) is 0 Å². The van der Waals surface area contributed by atoms with Gasteiger partial charge in [0.15, 0.2) is 0 Å². The average Bonchev–Trinajstić information content (AvgIpc) is 2.22. The van der Waals surface area contributed by atoms with Crippen LogP contribution in [0.3, 0.4) is 0 Å². The quantitative estimate of drug-likeness (QED) is 0.461. The number of aliphatic imine (C=N–C) groups is 1. The molecule has 0 N–H and O–H groups in total. The maximum Gasteiger partial charge on any atom is 0.0345 e. The molecule has 1 nitrogen and oxygen atoms in total. The van der Waals surface area contributed by atoms with Crippen molar-refractivity contribution in [2.45, 2.75) is 33.6 Å². The van der Waals surface area contributed by atoms with E-state index >= 15 is 0 Å². The van der Waals surface area contributed by atoms with Crippen molar-refractivity contribution >= 4 is 5.71 Å². The van der Waals surface area contributed by atoms with Crippen LogP contribution >= 0.6 is 0 Å². The number of nitrogens with zero attached hydrogens (tertiary/aromatic N) is 1. The average molecular weight is 191 g/mol. The number of allylic oxidation sites excluding steroid dienone is 5. The van der Waals surface area contributed by atoms with Gasteiger partial charge in [-0.25, -0.2) is 0 Å². The Morgan fingerprint density at radius 3 is 2.43 bits per heavy atom. The van der Waals surface area contributed by atoms with Crippen LogP contribution < -0.4 is 0 Å². The van der Waals surface area contributed by atoms with Crippen molar-refractivity contribution in [3.63, 3.8) is 0 Å². The molecule has 0 aliphatic heterocycles. The lowest BCUT2D eigenvalue weighted by Crippen LogP contribution is -1.97. The third-order valence-electron chi connectivity index (χ3n) is 2.31. The molecule has 0 radical (unpaired) electrons. The summed E-state index contributed by atoms with van der Waals surface area (Å²) in [4.78, 5) is 4.20. The molecule has 0 aromatic rings. The topological polar surface area (TPSA) is 12.4 Å². The minimum atomic E-state index is 1.10. The summed E-state index contributed by atoms with van der Waals surface area (Å²) in [6.45, 7) is 10.0. The van der Waals surface area contributed by atoms with Crippen LogP contribution in [-0.2, 0) is 0 Å². The van der Waals surface area contributed by atoms with E-state index in [2.05, 4.69) is 31.5 Å². The van der Waals surface area contributed by atoms with E-state index in [9.17, 15) is 0 Å². The number of hydrogen-bond donors (Lipinski definition) is 0. The van der Waals surface area contributed by atoms with Crippen LogP contribution in [0, 0.1) is 0 Å². The lowest BCUT2D eigenvalue weighted by Gasteiger charge is -2.06. The highest BCUT2D eigenvalue weighted by atomic mass is 14.7. The van der Waals surface area contributed by atoms with Gasteiger partial charge in [0, 0.05) is 12.8 Å². The zero-order valence-electron chi connectivity index (χ0n) is 9.80. The third kappa shape index (κ3) is 4.22. The second-order valence-corrected chi connectivity index (χ2v) is 3.30. The fourth-order valence-electron chi connectivity index (χ4n) is 1.25. The fourth-order valence-corrected chi connectivity index (χ4v) is 1.25. The van der Waals surface area contributed by atoms with Gasteiger partial charge < -0.3 is 0 Å². The molecule has 0 aliphatic rings. The van der Waals surface area contributed by atoms with E-state index in [4.69, 9.17) is 0 Å². The van der Waals surface area contributed by atoms with E-state index in [1.807, 2.05) is 20.0 Å². The lowest BCUT2D eigenvalue weighted by atomic mass is 10.0. The molecule has 0 heterocycles. The van der Waals surface area contributed by atoms with E-state index in [-0.39, 0.29) is 0 Å². The molecule has 0 atom stereocenters. The second kappa shape index (κ2) is 7.31. The SMILES string of the molecule is C=C\C=C/C(CCC)=C(C)/C(C)=N\C. The van der Waals surface area contributed by atoms with Gasteiger partial charge in [0.2, 0.25) is 0 Å². The van der Waals surface area contributed by atoms with E-state index in [0.29, 0.717) is 0 Å². The summed E-state index contributed by atoms with van der Waals surface area (Å²) in [6.07, 6.45) is 8.17. The summed E-state index contributed by atoms with van der Waals surface area (Å²) in [5, 5.41) is 0. The molecule has 0 saturated heterocycles. The molecule has 0 saturated carbocycles. The monoisotopic (exact) mass is 191 g/mol. The first-order valence-corrected chi connectivity index (χ1v) is 5.10. The summed E-state index contributed by atoms with van der Waals surface area (Å²) in [7, 11) is 1.83. The van der Waals surface area contributed by atoms with Crippen molar-refractivity contribution in [1.29, 1.82) is 0 Å². The molecule has 1 heteroatoms. The zero-order valence-corrected chi connectivity index (χ0v) is 9.80. The Balaban J connectivity index is 4.93. The van der Waals surface area contributed by atoms with Crippen LogP contribution in [-0.4, -0.2) is 12.8 Å². The first kappa shape index (κ1) is 12.9. The molecule has 0 spiro atoms. The normalized spacial score (nSPS) is 14.4. The van der Waals surface area contributed by atoms with Gasteiger partial charge in [0.25, 0.3) is 0 Å². The molecular weight excluding hydrogens is 170 g/mol. The summed E-state index contributed by atoms with van der Waals surface area (Å²) >= 11 is 0. The predicted octanol–water partition coefficient (Wildman–Crippen LogP) is 3.94. The van der Waals surface area contributed by atoms with Crippen LogP contribution in [0.5, 0.6) is 0 Å². The second-order valence-electron chi connectivity index (χ2n) is 3.30. The van der Waals surface area contributed by atoms with Crippen LogP contribution in [0.2, 0.25) is 0 Å². The first-order valence-electron chi connectivity index (χ1n) is 5.10. The minimum Gasteiger partial charge on any atom is -0.293 e. The van der Waals surface area contributed by atoms with Gasteiger partial charge in [-0.05, 0) is 31.4 Å².